The number of nitrogens with one attached hydrogen (secondary N) is 4. The average Bonchev–Trinajstić information content (AvgIpc) is 2.65. The molecule has 1 atom stereocenters. The third-order valence-corrected chi connectivity index (χ3v) is 4.12. The van der Waals surface area contributed by atoms with E-state index in [1.807, 2.05) is 0 Å². The van der Waals surface area contributed by atoms with Crippen LogP contribution in [-0.2, 0) is 4.74 Å². The highest BCUT2D eigenvalue weighted by molar-refractivity contribution is 7.80. The molecule has 4 N–H and O–H groups in total. The SMILES string of the molecule is CCCCC[C@H](C)CNC(=S)NNC(=O)c1ccc(NC(=O)OCC)cc1. The Kier molecular flexibility index (Phi) is 10.9. The third-order valence-electron chi connectivity index (χ3n) is 3.87. The van der Waals surface area contributed by atoms with Gasteiger partial charge in [0.25, 0.3) is 5.91 Å². The quantitative estimate of drug-likeness (QED) is 0.291. The summed E-state index contributed by atoms with van der Waals surface area (Å²) in [4.78, 5) is 23.5. The molecule has 0 aliphatic heterocycles. The van der Waals surface area contributed by atoms with Crippen LogP contribution in [-0.4, -0.2) is 30.3 Å². The van der Waals surface area contributed by atoms with Crippen molar-refractivity contribution < 1.29 is 14.3 Å². The van der Waals surface area contributed by atoms with E-state index in [9.17, 15) is 9.59 Å². The van der Waals surface area contributed by atoms with Crippen molar-refractivity contribution >= 4 is 35.0 Å². The topological polar surface area (TPSA) is 91.5 Å². The van der Waals surface area contributed by atoms with Crippen molar-refractivity contribution in [2.24, 2.45) is 5.92 Å². The second kappa shape index (κ2) is 12.9. The molecular formula is C19H30N4O3S. The number of hydrazine groups is 1. The van der Waals surface area contributed by atoms with Gasteiger partial charge in [0.05, 0.1) is 6.61 Å². The number of thiocarbonyl (C=S) groups is 1. The van der Waals surface area contributed by atoms with Crippen molar-refractivity contribution in [1.82, 2.24) is 16.2 Å². The molecule has 0 radical (unpaired) electrons. The Labute approximate surface area is 166 Å². The molecule has 150 valence electrons. The molecule has 0 aromatic heterocycles. The summed E-state index contributed by atoms with van der Waals surface area (Å²) >= 11 is 5.17. The highest BCUT2D eigenvalue weighted by Crippen LogP contribution is 2.10. The largest absolute Gasteiger partial charge is 0.450 e. The van der Waals surface area contributed by atoms with Crippen LogP contribution in [0.5, 0.6) is 0 Å². The second-order valence-corrected chi connectivity index (χ2v) is 6.72. The van der Waals surface area contributed by atoms with Crippen molar-refractivity contribution in [3.8, 4) is 0 Å². The predicted molar refractivity (Wildman–Crippen MR) is 112 cm³/mol. The number of unbranched alkanes of at least 4 members (excludes halogenated alkanes) is 2. The normalized spacial score (nSPS) is 11.2. The molecule has 0 bridgehead atoms. The Hall–Kier alpha value is -2.35. The van der Waals surface area contributed by atoms with E-state index >= 15 is 0 Å². The molecule has 1 aromatic rings. The van der Waals surface area contributed by atoms with Crippen LogP contribution in [0, 0.1) is 5.92 Å². The van der Waals surface area contributed by atoms with Gasteiger partial charge in [0, 0.05) is 17.8 Å². The number of rotatable bonds is 9. The van der Waals surface area contributed by atoms with Crippen LogP contribution in [0.25, 0.3) is 0 Å². The first kappa shape index (κ1) is 22.7. The molecule has 0 saturated heterocycles. The van der Waals surface area contributed by atoms with E-state index < -0.39 is 6.09 Å². The fourth-order valence-corrected chi connectivity index (χ4v) is 2.47. The second-order valence-electron chi connectivity index (χ2n) is 6.31. The summed E-state index contributed by atoms with van der Waals surface area (Å²) < 4.78 is 4.79. The van der Waals surface area contributed by atoms with Gasteiger partial charge in [0.2, 0.25) is 0 Å². The molecular weight excluding hydrogens is 364 g/mol. The van der Waals surface area contributed by atoms with E-state index in [0.717, 1.165) is 13.0 Å². The molecule has 8 heteroatoms. The van der Waals surface area contributed by atoms with Crippen LogP contribution in [0.2, 0.25) is 0 Å². The smallest absolute Gasteiger partial charge is 0.411 e. The zero-order chi connectivity index (χ0) is 20.1. The first-order valence-electron chi connectivity index (χ1n) is 9.34. The Morgan fingerprint density at radius 3 is 2.44 bits per heavy atom. The van der Waals surface area contributed by atoms with Crippen LogP contribution >= 0.6 is 12.2 Å². The molecule has 27 heavy (non-hydrogen) atoms. The van der Waals surface area contributed by atoms with Crippen LogP contribution in [0.1, 0.15) is 56.8 Å². The minimum absolute atomic E-state index is 0.295. The molecule has 0 fully saturated rings. The van der Waals surface area contributed by atoms with Crippen LogP contribution in [0.3, 0.4) is 0 Å². The molecule has 7 nitrogen and oxygen atoms in total. The highest BCUT2D eigenvalue weighted by atomic mass is 32.1. The Bertz CT molecular complexity index is 607. The van der Waals surface area contributed by atoms with E-state index in [-0.39, 0.29) is 5.91 Å². The lowest BCUT2D eigenvalue weighted by Gasteiger charge is -2.15. The van der Waals surface area contributed by atoms with Gasteiger partial charge in [-0.05, 0) is 55.7 Å². The predicted octanol–water partition coefficient (Wildman–Crippen LogP) is 3.58. The number of benzene rings is 1. The minimum Gasteiger partial charge on any atom is -0.450 e. The van der Waals surface area contributed by atoms with E-state index in [0.29, 0.717) is 28.9 Å². The van der Waals surface area contributed by atoms with Gasteiger partial charge in [-0.1, -0.05) is 33.1 Å². The van der Waals surface area contributed by atoms with Crippen molar-refractivity contribution in [2.45, 2.75) is 46.5 Å². The van der Waals surface area contributed by atoms with Gasteiger partial charge in [0.15, 0.2) is 5.11 Å². The minimum atomic E-state index is -0.531. The molecule has 0 aliphatic rings. The molecule has 0 heterocycles. The van der Waals surface area contributed by atoms with Crippen LogP contribution in [0.15, 0.2) is 24.3 Å². The third kappa shape index (κ3) is 9.79. The summed E-state index contributed by atoms with van der Waals surface area (Å²) in [6, 6.07) is 6.45. The van der Waals surface area contributed by atoms with Gasteiger partial charge >= 0.3 is 6.09 Å². The molecule has 2 amide bonds. The van der Waals surface area contributed by atoms with Gasteiger partial charge in [-0.2, -0.15) is 0 Å². The Morgan fingerprint density at radius 2 is 1.81 bits per heavy atom. The van der Waals surface area contributed by atoms with E-state index in [1.165, 1.54) is 19.3 Å². The van der Waals surface area contributed by atoms with Crippen molar-refractivity contribution in [2.75, 3.05) is 18.5 Å². The van der Waals surface area contributed by atoms with Gasteiger partial charge in [-0.25, -0.2) is 4.79 Å². The average molecular weight is 395 g/mol. The lowest BCUT2D eigenvalue weighted by Crippen LogP contribution is -2.47. The zero-order valence-corrected chi connectivity index (χ0v) is 17.1. The van der Waals surface area contributed by atoms with Gasteiger partial charge in [0.1, 0.15) is 0 Å². The molecule has 1 rings (SSSR count). The molecule has 0 unspecified atom stereocenters. The highest BCUT2D eigenvalue weighted by Gasteiger charge is 2.08. The fourth-order valence-electron chi connectivity index (χ4n) is 2.33. The summed E-state index contributed by atoms with van der Waals surface area (Å²) in [6.07, 6.45) is 4.30. The maximum Gasteiger partial charge on any atom is 0.411 e. The Morgan fingerprint density at radius 1 is 1.11 bits per heavy atom. The molecule has 1 aromatic carbocycles. The number of hydrogen-bond donors (Lipinski definition) is 4. The summed E-state index contributed by atoms with van der Waals surface area (Å²) in [5.74, 6) is 0.198. The van der Waals surface area contributed by atoms with Crippen molar-refractivity contribution in [3.05, 3.63) is 29.8 Å². The number of ether oxygens (including phenoxy) is 1. The summed E-state index contributed by atoms with van der Waals surface area (Å²) in [5.41, 5.74) is 6.23. The standard InChI is InChI=1S/C19H30N4O3S/c1-4-6-7-8-14(3)13-20-18(27)23-22-17(24)15-9-11-16(12-10-15)21-19(25)26-5-2/h9-12,14H,4-8,13H2,1-3H3,(H,21,25)(H,22,24)(H2,20,23,27)/t14-/m0/s1. The van der Waals surface area contributed by atoms with Gasteiger partial charge in [-0.15, -0.1) is 0 Å². The molecule has 0 aliphatic carbocycles. The molecule has 0 saturated carbocycles. The summed E-state index contributed by atoms with van der Waals surface area (Å²) in [5, 5.41) is 6.05. The number of carbonyl (C=O) groups is 2. The van der Waals surface area contributed by atoms with E-state index in [2.05, 4.69) is 35.3 Å². The van der Waals surface area contributed by atoms with Gasteiger partial charge < -0.3 is 10.1 Å². The summed E-state index contributed by atoms with van der Waals surface area (Å²) in [6.45, 7) is 7.15. The number of anilines is 1. The fraction of sp³-hybridized carbons (Fsp3) is 0.526. The Balaban J connectivity index is 2.32. The van der Waals surface area contributed by atoms with Gasteiger partial charge in [-0.3, -0.25) is 21.0 Å². The zero-order valence-electron chi connectivity index (χ0n) is 16.3. The maximum absolute atomic E-state index is 12.1. The lowest BCUT2D eigenvalue weighted by molar-refractivity contribution is 0.0943. The number of hydrogen-bond acceptors (Lipinski definition) is 4. The van der Waals surface area contributed by atoms with Crippen LogP contribution < -0.4 is 21.5 Å². The molecule has 0 spiro atoms. The number of carbonyl (C=O) groups excluding carboxylic acids is 2. The van der Waals surface area contributed by atoms with E-state index in [1.54, 1.807) is 31.2 Å². The maximum atomic E-state index is 12.1. The summed E-state index contributed by atoms with van der Waals surface area (Å²) in [7, 11) is 0. The van der Waals surface area contributed by atoms with Crippen molar-refractivity contribution in [1.29, 1.82) is 0 Å². The van der Waals surface area contributed by atoms with Crippen molar-refractivity contribution in [3.63, 3.8) is 0 Å². The van der Waals surface area contributed by atoms with E-state index in [4.69, 9.17) is 17.0 Å². The first-order valence-corrected chi connectivity index (χ1v) is 9.75. The monoisotopic (exact) mass is 394 g/mol. The van der Waals surface area contributed by atoms with Crippen LogP contribution in [0.4, 0.5) is 10.5 Å². The lowest BCUT2D eigenvalue weighted by atomic mass is 10.0. The number of amides is 2. The first-order chi connectivity index (χ1) is 13.0.